The molecule has 18 heteroatoms. The number of aliphatic hydroxyl groups is 2. The second-order valence-corrected chi connectivity index (χ2v) is 14.1. The second kappa shape index (κ2) is 10.4. The van der Waals surface area contributed by atoms with Crippen molar-refractivity contribution in [2.24, 2.45) is 0 Å². The largest absolute Gasteiger partial charge is 0.449 e. The molecule has 3 aromatic rings. The molecule has 1 saturated heterocycles. The zero-order valence-electron chi connectivity index (χ0n) is 19.7. The Bertz CT molecular complexity index is 1440. The maximum Gasteiger partial charge on any atom is 0.344 e. The number of sulfone groups is 1. The monoisotopic (exact) mass is 592 g/mol. The van der Waals surface area contributed by atoms with Crippen LogP contribution in [0.4, 0.5) is 5.82 Å². The number of ether oxygens (including phenoxy) is 1. The quantitative estimate of drug-likeness (QED) is 0.169. The molecule has 2 fully saturated rings. The van der Waals surface area contributed by atoms with Gasteiger partial charge in [-0.15, -0.1) is 0 Å². The highest BCUT2D eigenvalue weighted by molar-refractivity contribution is 7.98. The van der Waals surface area contributed by atoms with Gasteiger partial charge in [0.25, 0.3) is 0 Å². The van der Waals surface area contributed by atoms with E-state index in [0.717, 1.165) is 36.6 Å². The Labute approximate surface area is 221 Å². The molecule has 38 heavy (non-hydrogen) atoms. The first kappa shape index (κ1) is 27.4. The fourth-order valence-electron chi connectivity index (χ4n) is 4.83. The van der Waals surface area contributed by atoms with Crippen LogP contribution >= 0.6 is 19.2 Å². The van der Waals surface area contributed by atoms with Crippen LogP contribution in [-0.2, 0) is 25.6 Å². The zero-order valence-corrected chi connectivity index (χ0v) is 22.2. The van der Waals surface area contributed by atoms with E-state index in [9.17, 15) is 33.0 Å². The van der Waals surface area contributed by atoms with Gasteiger partial charge in [0.2, 0.25) is 5.28 Å². The summed E-state index contributed by atoms with van der Waals surface area (Å²) in [6, 6.07) is 0.204. The topological polar surface area (TPSA) is 223 Å². The summed E-state index contributed by atoms with van der Waals surface area (Å²) >= 11 is 6.14. The lowest BCUT2D eigenvalue weighted by atomic mass is 10.1. The van der Waals surface area contributed by atoms with Gasteiger partial charge in [0.1, 0.15) is 30.4 Å². The molecule has 5 atom stereocenters. The number of hydrogen-bond acceptors (Lipinski definition) is 12. The van der Waals surface area contributed by atoms with Gasteiger partial charge in [0.15, 0.2) is 32.6 Å². The van der Waals surface area contributed by atoms with Crippen molar-refractivity contribution in [3.63, 3.8) is 0 Å². The summed E-state index contributed by atoms with van der Waals surface area (Å²) in [5.74, 6) is -0.739. The average molecular weight is 593 g/mol. The van der Waals surface area contributed by atoms with Crippen LogP contribution < -0.4 is 5.32 Å². The third-order valence-corrected chi connectivity index (χ3v) is 11.4. The molecule has 2 aliphatic rings. The molecule has 0 radical (unpaired) electrons. The van der Waals surface area contributed by atoms with Gasteiger partial charge in [-0.05, 0) is 24.4 Å². The lowest BCUT2D eigenvalue weighted by Crippen LogP contribution is -2.38. The molecule has 1 aliphatic carbocycles. The molecule has 5 N–H and O–H groups in total. The number of aromatic nitrogens is 5. The van der Waals surface area contributed by atoms with Gasteiger partial charge in [-0.25, -0.2) is 18.1 Å². The Morgan fingerprint density at radius 1 is 1.21 bits per heavy atom. The number of rotatable bonds is 9. The van der Waals surface area contributed by atoms with Gasteiger partial charge < -0.3 is 34.5 Å². The number of aliphatic hydroxyl groups excluding tert-OH is 2. The summed E-state index contributed by atoms with van der Waals surface area (Å²) in [5, 5.41) is 29.3. The van der Waals surface area contributed by atoms with Crippen molar-refractivity contribution in [1.82, 2.24) is 24.7 Å². The van der Waals surface area contributed by atoms with Crippen LogP contribution in [0.25, 0.3) is 11.0 Å². The van der Waals surface area contributed by atoms with E-state index in [1.54, 1.807) is 0 Å². The van der Waals surface area contributed by atoms with Crippen molar-refractivity contribution in [3.05, 3.63) is 29.8 Å². The second-order valence-electron chi connectivity index (χ2n) is 9.34. The van der Waals surface area contributed by atoms with Crippen molar-refractivity contribution in [1.29, 1.82) is 0 Å². The smallest absolute Gasteiger partial charge is 0.344 e. The number of hydrogen-bond donors (Lipinski definition) is 5. The summed E-state index contributed by atoms with van der Waals surface area (Å²) in [6.45, 7) is 0. The number of fused-ring (bicyclic) bond motifs is 1. The Morgan fingerprint density at radius 2 is 1.95 bits per heavy atom. The standard InChI is InChI=1S/C20H26ClN6O9PS/c21-20-25-17(24-10-3-1-2-4-10)11-8-23-27(18(11)26-20)19-16(29)15(28)12(36-19)9-38(33,34)14(37(30,31)32)7-13-22-5-6-35-13/h5-6,8,10,12,14-16,19,28-29H,1-4,7,9H2,(H,24,25,26)(H2,30,31,32)/t12-,14?,15-,16-,19-/m1/s1. The van der Waals surface area contributed by atoms with E-state index in [1.807, 2.05) is 0 Å². The minimum atomic E-state index is -5.19. The molecule has 3 aromatic heterocycles. The first-order valence-electron chi connectivity index (χ1n) is 11.8. The van der Waals surface area contributed by atoms with Gasteiger partial charge >= 0.3 is 7.60 Å². The van der Waals surface area contributed by atoms with Crippen LogP contribution in [0.15, 0.2) is 23.1 Å². The number of nitrogens with zero attached hydrogens (tertiary/aromatic N) is 5. The fraction of sp³-hybridized carbons (Fsp3) is 0.600. The summed E-state index contributed by atoms with van der Waals surface area (Å²) in [4.78, 5) is 29.4. The highest BCUT2D eigenvalue weighted by Crippen LogP contribution is 2.46. The molecule has 5 rings (SSSR count). The van der Waals surface area contributed by atoms with Crippen LogP contribution in [0.2, 0.25) is 5.28 Å². The Balaban J connectivity index is 1.39. The number of anilines is 1. The normalized spacial score (nSPS) is 25.8. The number of oxazole rings is 1. The molecule has 0 bridgehead atoms. The van der Waals surface area contributed by atoms with E-state index >= 15 is 0 Å². The molecular formula is C20H26ClN6O9PS. The van der Waals surface area contributed by atoms with Gasteiger partial charge in [-0.2, -0.15) is 15.1 Å². The van der Waals surface area contributed by atoms with Crippen molar-refractivity contribution in [2.75, 3.05) is 11.1 Å². The third-order valence-electron chi connectivity index (χ3n) is 6.72. The van der Waals surface area contributed by atoms with Crippen LogP contribution in [0, 0.1) is 0 Å². The molecule has 4 heterocycles. The first-order valence-corrected chi connectivity index (χ1v) is 15.6. The minimum Gasteiger partial charge on any atom is -0.449 e. The van der Waals surface area contributed by atoms with E-state index in [4.69, 9.17) is 20.8 Å². The van der Waals surface area contributed by atoms with E-state index < -0.39 is 59.1 Å². The van der Waals surface area contributed by atoms with Gasteiger partial charge in [0, 0.05) is 6.04 Å². The molecule has 1 unspecified atom stereocenters. The summed E-state index contributed by atoms with van der Waals surface area (Å²) in [5.41, 5.74) is 0.183. The van der Waals surface area contributed by atoms with E-state index in [0.29, 0.717) is 11.2 Å². The molecule has 208 valence electrons. The third kappa shape index (κ3) is 5.45. The van der Waals surface area contributed by atoms with Gasteiger partial charge in [-0.3, -0.25) is 4.57 Å². The van der Waals surface area contributed by atoms with Crippen LogP contribution in [0.1, 0.15) is 37.8 Å². The van der Waals surface area contributed by atoms with Crippen molar-refractivity contribution in [3.8, 4) is 0 Å². The molecule has 15 nitrogen and oxygen atoms in total. The van der Waals surface area contributed by atoms with Crippen molar-refractivity contribution >= 4 is 45.9 Å². The lowest BCUT2D eigenvalue weighted by Gasteiger charge is -2.21. The van der Waals surface area contributed by atoms with Gasteiger partial charge in [0.05, 0.1) is 30.0 Å². The van der Waals surface area contributed by atoms with Crippen LogP contribution in [0.3, 0.4) is 0 Å². The van der Waals surface area contributed by atoms with E-state index in [1.165, 1.54) is 12.4 Å². The zero-order chi connectivity index (χ0) is 27.2. The van der Waals surface area contributed by atoms with E-state index in [-0.39, 0.29) is 22.9 Å². The molecule has 0 aromatic carbocycles. The number of halogens is 1. The van der Waals surface area contributed by atoms with Crippen molar-refractivity contribution in [2.45, 2.75) is 67.7 Å². The maximum absolute atomic E-state index is 13.1. The minimum absolute atomic E-state index is 0.0945. The fourth-order valence-corrected chi connectivity index (χ4v) is 8.67. The first-order chi connectivity index (χ1) is 17.9. The van der Waals surface area contributed by atoms with Crippen LogP contribution in [0.5, 0.6) is 0 Å². The molecule has 0 amide bonds. The van der Waals surface area contributed by atoms with Crippen molar-refractivity contribution < 1.29 is 42.1 Å². The molecular weight excluding hydrogens is 567 g/mol. The summed E-state index contributed by atoms with van der Waals surface area (Å²) in [7, 11) is -9.80. The maximum atomic E-state index is 13.1. The summed E-state index contributed by atoms with van der Waals surface area (Å²) < 4.78 is 50.0. The molecule has 1 saturated carbocycles. The van der Waals surface area contributed by atoms with E-state index in [2.05, 4.69) is 25.4 Å². The lowest BCUT2D eigenvalue weighted by molar-refractivity contribution is -0.0365. The number of nitrogens with one attached hydrogen (secondary N) is 1. The SMILES string of the molecule is O=P(O)(O)C(Cc1ncco1)S(=O)(=O)C[C@H]1O[C@@H](n2ncc3c(NC4CCCC4)nc(Cl)nc32)[C@H](O)[C@@H]1O. The van der Waals surface area contributed by atoms with Gasteiger partial charge in [-0.1, -0.05) is 12.8 Å². The summed E-state index contributed by atoms with van der Waals surface area (Å²) in [6.07, 6.45) is 0.948. The molecule has 1 aliphatic heterocycles. The highest BCUT2D eigenvalue weighted by atomic mass is 35.5. The Morgan fingerprint density at radius 3 is 2.61 bits per heavy atom. The predicted octanol–water partition coefficient (Wildman–Crippen LogP) is 0.603. The Kier molecular flexibility index (Phi) is 7.52. The predicted molar refractivity (Wildman–Crippen MR) is 132 cm³/mol. The Hall–Kier alpha value is -2.17. The average Bonchev–Trinajstić information content (AvgIpc) is 3.63. The van der Waals surface area contributed by atoms with Crippen LogP contribution in [-0.4, -0.2) is 88.2 Å². The molecule has 0 spiro atoms. The highest BCUT2D eigenvalue weighted by Gasteiger charge is 2.50.